The van der Waals surface area contributed by atoms with Crippen molar-refractivity contribution in [3.8, 4) is 22.7 Å². The standard InChI is InChI=1S/C18H13ClF4N2O3S/c1-28-15-5-4-11(8-12(15)19)25-14(9-17(24-25)18(21,22)23)10-3-6-16(13(20)7-10)29(2,26)27/h3-9H,1-2H3. The number of aromatic nitrogens is 2. The Morgan fingerprint density at radius 2 is 1.79 bits per heavy atom. The fourth-order valence-electron chi connectivity index (χ4n) is 2.67. The average molecular weight is 449 g/mol. The fourth-order valence-corrected chi connectivity index (χ4v) is 3.65. The van der Waals surface area contributed by atoms with Gasteiger partial charge >= 0.3 is 6.18 Å². The van der Waals surface area contributed by atoms with Crippen LogP contribution in [0.4, 0.5) is 17.6 Å². The van der Waals surface area contributed by atoms with Crippen LogP contribution in [0.3, 0.4) is 0 Å². The third-order valence-corrected chi connectivity index (χ3v) is 5.43. The molecular weight excluding hydrogens is 436 g/mol. The highest BCUT2D eigenvalue weighted by Gasteiger charge is 2.35. The molecule has 11 heteroatoms. The smallest absolute Gasteiger partial charge is 0.435 e. The van der Waals surface area contributed by atoms with Gasteiger partial charge in [0.05, 0.1) is 23.5 Å². The molecule has 0 bridgehead atoms. The molecule has 1 aromatic heterocycles. The summed E-state index contributed by atoms with van der Waals surface area (Å²) in [6, 6.07) is 8.01. The lowest BCUT2D eigenvalue weighted by Crippen LogP contribution is -2.07. The largest absolute Gasteiger partial charge is 0.495 e. The van der Waals surface area contributed by atoms with Gasteiger partial charge in [-0.05, 0) is 36.4 Å². The Balaban J connectivity index is 2.22. The summed E-state index contributed by atoms with van der Waals surface area (Å²) in [5.41, 5.74) is -1.12. The molecule has 5 nitrogen and oxygen atoms in total. The van der Waals surface area contributed by atoms with E-state index in [0.717, 1.165) is 29.1 Å². The molecule has 0 fully saturated rings. The van der Waals surface area contributed by atoms with Gasteiger partial charge in [0.1, 0.15) is 16.5 Å². The highest BCUT2D eigenvalue weighted by molar-refractivity contribution is 7.90. The van der Waals surface area contributed by atoms with E-state index in [-0.39, 0.29) is 22.0 Å². The van der Waals surface area contributed by atoms with Crippen molar-refractivity contribution in [2.75, 3.05) is 13.4 Å². The summed E-state index contributed by atoms with van der Waals surface area (Å²) in [5, 5.41) is 3.71. The van der Waals surface area contributed by atoms with Crippen LogP contribution in [-0.4, -0.2) is 31.6 Å². The van der Waals surface area contributed by atoms with E-state index in [1.165, 1.54) is 31.4 Å². The van der Waals surface area contributed by atoms with Crippen molar-refractivity contribution in [2.24, 2.45) is 0 Å². The summed E-state index contributed by atoms with van der Waals surface area (Å²) in [7, 11) is -2.45. The quantitative estimate of drug-likeness (QED) is 0.540. The van der Waals surface area contributed by atoms with Crippen molar-refractivity contribution < 1.29 is 30.7 Å². The predicted octanol–water partition coefficient (Wildman–Crippen LogP) is 4.76. The minimum absolute atomic E-state index is 0.00448. The number of benzene rings is 2. The molecule has 3 rings (SSSR count). The van der Waals surface area contributed by atoms with Crippen LogP contribution in [0.25, 0.3) is 16.9 Å². The molecule has 0 amide bonds. The first-order chi connectivity index (χ1) is 13.4. The van der Waals surface area contributed by atoms with Crippen molar-refractivity contribution in [1.29, 1.82) is 0 Å². The molecule has 0 radical (unpaired) electrons. The Bertz CT molecular complexity index is 1190. The Morgan fingerprint density at radius 3 is 2.31 bits per heavy atom. The number of hydrogen-bond acceptors (Lipinski definition) is 4. The summed E-state index contributed by atoms with van der Waals surface area (Å²) < 4.78 is 83.2. The first kappa shape index (κ1) is 21.1. The molecule has 0 aliphatic carbocycles. The summed E-state index contributed by atoms with van der Waals surface area (Å²) in [4.78, 5) is -0.559. The summed E-state index contributed by atoms with van der Waals surface area (Å²) in [6.45, 7) is 0. The van der Waals surface area contributed by atoms with E-state index in [1.807, 2.05) is 0 Å². The van der Waals surface area contributed by atoms with E-state index >= 15 is 0 Å². The lowest BCUT2D eigenvalue weighted by molar-refractivity contribution is -0.141. The Kier molecular flexibility index (Phi) is 5.35. The first-order valence-corrected chi connectivity index (χ1v) is 10.2. The van der Waals surface area contributed by atoms with Gasteiger partial charge in [0, 0.05) is 11.8 Å². The number of ether oxygens (including phenoxy) is 1. The normalized spacial score (nSPS) is 12.2. The molecule has 0 atom stereocenters. The Labute approximate surface area is 168 Å². The van der Waals surface area contributed by atoms with Gasteiger partial charge in [-0.15, -0.1) is 0 Å². The zero-order valence-corrected chi connectivity index (χ0v) is 16.5. The van der Waals surface area contributed by atoms with Crippen LogP contribution < -0.4 is 4.74 Å². The number of sulfone groups is 1. The average Bonchev–Trinajstić information content (AvgIpc) is 3.06. The number of hydrogen-bond donors (Lipinski definition) is 0. The van der Waals surface area contributed by atoms with E-state index < -0.39 is 32.4 Å². The zero-order valence-electron chi connectivity index (χ0n) is 15.0. The monoisotopic (exact) mass is 448 g/mol. The van der Waals surface area contributed by atoms with Crippen LogP contribution in [0, 0.1) is 5.82 Å². The van der Waals surface area contributed by atoms with Crippen molar-refractivity contribution in [2.45, 2.75) is 11.1 Å². The van der Waals surface area contributed by atoms with E-state index in [4.69, 9.17) is 16.3 Å². The third kappa shape index (κ3) is 4.23. The molecule has 3 aromatic rings. The highest BCUT2D eigenvalue weighted by atomic mass is 35.5. The highest BCUT2D eigenvalue weighted by Crippen LogP contribution is 2.35. The molecule has 2 aromatic carbocycles. The maximum Gasteiger partial charge on any atom is 0.435 e. The maximum atomic E-state index is 14.3. The number of methoxy groups -OCH3 is 1. The van der Waals surface area contributed by atoms with Crippen molar-refractivity contribution >= 4 is 21.4 Å². The second kappa shape index (κ2) is 7.34. The van der Waals surface area contributed by atoms with Crippen LogP contribution in [0.2, 0.25) is 5.02 Å². The van der Waals surface area contributed by atoms with Gasteiger partial charge in [0.15, 0.2) is 15.5 Å². The van der Waals surface area contributed by atoms with Crippen LogP contribution in [0.15, 0.2) is 47.4 Å². The second-order valence-electron chi connectivity index (χ2n) is 6.06. The number of rotatable bonds is 4. The minimum atomic E-state index is -4.75. The van der Waals surface area contributed by atoms with Crippen molar-refractivity contribution in [3.05, 3.63) is 59.0 Å². The van der Waals surface area contributed by atoms with E-state index in [9.17, 15) is 26.0 Å². The molecule has 0 unspecified atom stereocenters. The molecule has 0 aliphatic heterocycles. The molecule has 1 heterocycles. The molecule has 154 valence electrons. The summed E-state index contributed by atoms with van der Waals surface area (Å²) in [5.74, 6) is -0.775. The molecule has 29 heavy (non-hydrogen) atoms. The van der Waals surface area contributed by atoms with Gasteiger partial charge in [0.2, 0.25) is 0 Å². The molecule has 0 N–H and O–H groups in total. The number of halogens is 5. The fraction of sp³-hybridized carbons (Fsp3) is 0.167. The van der Waals surface area contributed by atoms with E-state index in [1.54, 1.807) is 0 Å². The minimum Gasteiger partial charge on any atom is -0.495 e. The van der Waals surface area contributed by atoms with Crippen LogP contribution in [-0.2, 0) is 16.0 Å². The van der Waals surface area contributed by atoms with Gasteiger partial charge in [-0.2, -0.15) is 18.3 Å². The van der Waals surface area contributed by atoms with Crippen molar-refractivity contribution in [3.63, 3.8) is 0 Å². The van der Waals surface area contributed by atoms with Gasteiger partial charge in [-0.3, -0.25) is 0 Å². The van der Waals surface area contributed by atoms with E-state index in [2.05, 4.69) is 5.10 Å². The maximum absolute atomic E-state index is 14.3. The molecule has 0 aliphatic rings. The van der Waals surface area contributed by atoms with Gasteiger partial charge in [-0.1, -0.05) is 17.7 Å². The SMILES string of the molecule is COc1ccc(-n2nc(C(F)(F)F)cc2-c2ccc(S(C)(=O)=O)c(F)c2)cc1Cl. The number of alkyl halides is 3. The van der Waals surface area contributed by atoms with Crippen LogP contribution >= 0.6 is 11.6 Å². The van der Waals surface area contributed by atoms with Crippen LogP contribution in [0.1, 0.15) is 5.69 Å². The lowest BCUT2D eigenvalue weighted by Gasteiger charge is -2.11. The zero-order chi connectivity index (χ0) is 21.6. The Morgan fingerprint density at radius 1 is 1.10 bits per heavy atom. The molecule has 0 spiro atoms. The third-order valence-electron chi connectivity index (χ3n) is 4.01. The molecule has 0 saturated carbocycles. The topological polar surface area (TPSA) is 61.2 Å². The predicted molar refractivity (Wildman–Crippen MR) is 98.6 cm³/mol. The van der Waals surface area contributed by atoms with Gasteiger partial charge < -0.3 is 4.74 Å². The molecular formula is C18H13ClF4N2O3S. The first-order valence-electron chi connectivity index (χ1n) is 7.93. The van der Waals surface area contributed by atoms with E-state index in [0.29, 0.717) is 5.75 Å². The van der Waals surface area contributed by atoms with Gasteiger partial charge in [-0.25, -0.2) is 17.5 Å². The van der Waals surface area contributed by atoms with Gasteiger partial charge in [0.25, 0.3) is 0 Å². The summed E-state index contributed by atoms with van der Waals surface area (Å²) >= 11 is 6.06. The Hall–Kier alpha value is -2.59. The number of nitrogens with zero attached hydrogens (tertiary/aromatic N) is 2. The lowest BCUT2D eigenvalue weighted by atomic mass is 10.1. The van der Waals surface area contributed by atoms with Crippen LogP contribution in [0.5, 0.6) is 5.75 Å². The summed E-state index contributed by atoms with van der Waals surface area (Å²) in [6.07, 6.45) is -3.92. The van der Waals surface area contributed by atoms with Crippen molar-refractivity contribution in [1.82, 2.24) is 9.78 Å². The molecule has 0 saturated heterocycles. The second-order valence-corrected chi connectivity index (χ2v) is 8.45.